The summed E-state index contributed by atoms with van der Waals surface area (Å²) >= 11 is 0. The third-order valence-electron chi connectivity index (χ3n) is 4.28. The molecule has 0 aromatic heterocycles. The van der Waals surface area contributed by atoms with E-state index in [0.29, 0.717) is 22.8 Å². The second-order valence-electron chi connectivity index (χ2n) is 6.09. The Hall–Kier alpha value is -1.11. The molecule has 1 aliphatic rings. The molecule has 1 aromatic carbocycles. The predicted octanol–water partition coefficient (Wildman–Crippen LogP) is 2.04. The van der Waals surface area contributed by atoms with Crippen molar-refractivity contribution in [3.63, 3.8) is 0 Å². The van der Waals surface area contributed by atoms with Crippen molar-refractivity contribution in [2.75, 3.05) is 18.9 Å². The summed E-state index contributed by atoms with van der Waals surface area (Å²) < 4.78 is 33.6. The number of benzene rings is 1. The first-order valence-corrected chi connectivity index (χ1v) is 8.64. The lowest BCUT2D eigenvalue weighted by atomic mass is 10.0. The van der Waals surface area contributed by atoms with Crippen LogP contribution in [0, 0.1) is 20.8 Å². The number of nitrogen functional groups attached to an aromatic ring is 1. The van der Waals surface area contributed by atoms with Crippen LogP contribution in [-0.4, -0.2) is 27.2 Å². The first kappa shape index (κ1) is 16.3. The number of rotatable bonds is 4. The zero-order valence-electron chi connectivity index (χ0n) is 13.1. The van der Waals surface area contributed by atoms with Gasteiger partial charge < -0.3 is 10.5 Å². The Kier molecular flexibility index (Phi) is 4.33. The number of anilines is 1. The molecule has 0 amide bonds. The van der Waals surface area contributed by atoms with Gasteiger partial charge in [-0.2, -0.15) is 0 Å². The Morgan fingerprint density at radius 1 is 1.33 bits per heavy atom. The van der Waals surface area contributed by atoms with Crippen LogP contribution < -0.4 is 10.5 Å². The minimum Gasteiger partial charge on any atom is -0.398 e. The average Bonchev–Trinajstić information content (AvgIpc) is 2.82. The quantitative estimate of drug-likeness (QED) is 0.834. The second kappa shape index (κ2) is 5.59. The van der Waals surface area contributed by atoms with E-state index in [1.807, 2.05) is 26.8 Å². The third kappa shape index (κ3) is 3.22. The van der Waals surface area contributed by atoms with Gasteiger partial charge in [0.25, 0.3) is 0 Å². The molecule has 1 heterocycles. The van der Waals surface area contributed by atoms with Crippen molar-refractivity contribution in [3.05, 3.63) is 22.8 Å². The normalized spacial score (nSPS) is 22.7. The van der Waals surface area contributed by atoms with Crippen molar-refractivity contribution in [1.29, 1.82) is 0 Å². The van der Waals surface area contributed by atoms with Gasteiger partial charge in [0.2, 0.25) is 10.0 Å². The fraction of sp³-hybridized carbons (Fsp3) is 0.600. The molecular weight excluding hydrogens is 288 g/mol. The van der Waals surface area contributed by atoms with E-state index in [1.54, 1.807) is 6.92 Å². The van der Waals surface area contributed by atoms with Gasteiger partial charge in [0, 0.05) is 18.8 Å². The van der Waals surface area contributed by atoms with Gasteiger partial charge in [-0.15, -0.1) is 0 Å². The van der Waals surface area contributed by atoms with E-state index >= 15 is 0 Å². The summed E-state index contributed by atoms with van der Waals surface area (Å²) in [6.45, 7) is 8.32. The summed E-state index contributed by atoms with van der Waals surface area (Å²) in [6.07, 6.45) is 1.83. The summed E-state index contributed by atoms with van der Waals surface area (Å²) in [5.74, 6) is 0. The molecule has 5 nitrogen and oxygen atoms in total. The number of hydrogen-bond acceptors (Lipinski definition) is 4. The highest BCUT2D eigenvalue weighted by molar-refractivity contribution is 7.89. The highest BCUT2D eigenvalue weighted by Gasteiger charge is 2.32. The van der Waals surface area contributed by atoms with Crippen molar-refractivity contribution >= 4 is 15.7 Å². The minimum absolute atomic E-state index is 0.280. The third-order valence-corrected chi connectivity index (χ3v) is 5.96. The van der Waals surface area contributed by atoms with Crippen molar-refractivity contribution in [2.24, 2.45) is 0 Å². The van der Waals surface area contributed by atoms with Crippen molar-refractivity contribution in [3.8, 4) is 0 Å². The highest BCUT2D eigenvalue weighted by Crippen LogP contribution is 2.29. The summed E-state index contributed by atoms with van der Waals surface area (Å²) in [6, 6.07) is 1.81. The lowest BCUT2D eigenvalue weighted by Gasteiger charge is -2.24. The maximum absolute atomic E-state index is 12.7. The molecule has 0 bridgehead atoms. The van der Waals surface area contributed by atoms with Gasteiger partial charge >= 0.3 is 0 Å². The van der Waals surface area contributed by atoms with E-state index in [-0.39, 0.29) is 6.54 Å². The molecule has 118 valence electrons. The average molecular weight is 312 g/mol. The van der Waals surface area contributed by atoms with Crippen LogP contribution in [0.25, 0.3) is 0 Å². The molecule has 0 radical (unpaired) electrons. The molecule has 1 aromatic rings. The maximum atomic E-state index is 12.7. The SMILES string of the molecule is Cc1cc(N)c(C)c(S(=O)(=O)NCC2(C)CCCO2)c1C. The van der Waals surface area contributed by atoms with E-state index in [0.717, 1.165) is 24.0 Å². The second-order valence-corrected chi connectivity index (χ2v) is 7.79. The predicted molar refractivity (Wildman–Crippen MR) is 83.8 cm³/mol. The van der Waals surface area contributed by atoms with Crippen LogP contribution in [0.15, 0.2) is 11.0 Å². The Morgan fingerprint density at radius 3 is 2.57 bits per heavy atom. The number of nitrogens with one attached hydrogen (secondary N) is 1. The molecule has 1 atom stereocenters. The van der Waals surface area contributed by atoms with Crippen LogP contribution in [0.3, 0.4) is 0 Å². The first-order valence-electron chi connectivity index (χ1n) is 7.16. The van der Waals surface area contributed by atoms with Crippen LogP contribution in [0.5, 0.6) is 0 Å². The monoisotopic (exact) mass is 312 g/mol. The zero-order chi connectivity index (χ0) is 15.8. The molecule has 6 heteroatoms. The van der Waals surface area contributed by atoms with Gasteiger partial charge in [0.1, 0.15) is 0 Å². The number of sulfonamides is 1. The number of hydrogen-bond donors (Lipinski definition) is 2. The standard InChI is InChI=1S/C15H24N2O3S/c1-10-8-13(16)12(3)14(11(10)2)21(18,19)17-9-15(4)6-5-7-20-15/h8,17H,5-7,9,16H2,1-4H3. The molecule has 1 unspecified atom stereocenters. The van der Waals surface area contributed by atoms with Gasteiger partial charge in [-0.05, 0) is 63.3 Å². The summed E-state index contributed by atoms with van der Waals surface area (Å²) in [4.78, 5) is 0.293. The fourth-order valence-electron chi connectivity index (χ4n) is 2.74. The molecule has 21 heavy (non-hydrogen) atoms. The molecule has 1 fully saturated rings. The smallest absolute Gasteiger partial charge is 0.241 e. The van der Waals surface area contributed by atoms with Gasteiger partial charge in [-0.1, -0.05) is 0 Å². The lowest BCUT2D eigenvalue weighted by molar-refractivity contribution is 0.0250. The van der Waals surface area contributed by atoms with Gasteiger partial charge in [-0.3, -0.25) is 0 Å². The molecule has 1 saturated heterocycles. The zero-order valence-corrected chi connectivity index (χ0v) is 13.9. The summed E-state index contributed by atoms with van der Waals surface area (Å²) in [5.41, 5.74) is 8.22. The summed E-state index contributed by atoms with van der Waals surface area (Å²) in [5, 5.41) is 0. The van der Waals surface area contributed by atoms with Crippen LogP contribution in [0.4, 0.5) is 5.69 Å². The molecule has 1 aliphatic heterocycles. The Balaban J connectivity index is 2.32. The van der Waals surface area contributed by atoms with E-state index in [1.165, 1.54) is 0 Å². The van der Waals surface area contributed by atoms with Gasteiger partial charge in [0.15, 0.2) is 0 Å². The van der Waals surface area contributed by atoms with E-state index in [9.17, 15) is 8.42 Å². The molecule has 0 spiro atoms. The maximum Gasteiger partial charge on any atom is 0.241 e. The first-order chi connectivity index (χ1) is 9.66. The van der Waals surface area contributed by atoms with Gasteiger partial charge in [0.05, 0.1) is 10.5 Å². The van der Waals surface area contributed by atoms with Crippen LogP contribution >= 0.6 is 0 Å². The number of ether oxygens (including phenoxy) is 1. The minimum atomic E-state index is -3.60. The Labute approximate surface area is 126 Å². The van der Waals surface area contributed by atoms with Crippen LogP contribution in [0.1, 0.15) is 36.5 Å². The fourth-order valence-corrected chi connectivity index (χ4v) is 4.47. The number of aryl methyl sites for hydroxylation is 1. The molecule has 0 aliphatic carbocycles. The van der Waals surface area contributed by atoms with Crippen molar-refractivity contribution < 1.29 is 13.2 Å². The number of nitrogens with two attached hydrogens (primary N) is 1. The Morgan fingerprint density at radius 2 is 2.00 bits per heavy atom. The highest BCUT2D eigenvalue weighted by atomic mass is 32.2. The van der Waals surface area contributed by atoms with Gasteiger partial charge in [-0.25, -0.2) is 13.1 Å². The molecular formula is C15H24N2O3S. The van der Waals surface area contributed by atoms with Crippen molar-refractivity contribution in [1.82, 2.24) is 4.72 Å². The lowest BCUT2D eigenvalue weighted by Crippen LogP contribution is -2.40. The summed E-state index contributed by atoms with van der Waals surface area (Å²) in [7, 11) is -3.60. The van der Waals surface area contributed by atoms with Crippen molar-refractivity contribution in [2.45, 2.75) is 51.0 Å². The van der Waals surface area contributed by atoms with E-state index < -0.39 is 15.6 Å². The topological polar surface area (TPSA) is 81.4 Å². The van der Waals surface area contributed by atoms with E-state index in [2.05, 4.69) is 4.72 Å². The van der Waals surface area contributed by atoms with Crippen LogP contribution in [0.2, 0.25) is 0 Å². The molecule has 0 saturated carbocycles. The van der Waals surface area contributed by atoms with Crippen LogP contribution in [-0.2, 0) is 14.8 Å². The van der Waals surface area contributed by atoms with E-state index in [4.69, 9.17) is 10.5 Å². The molecule has 3 N–H and O–H groups in total. The largest absolute Gasteiger partial charge is 0.398 e. The molecule has 2 rings (SSSR count). The Bertz CT molecular complexity index is 621.